The first-order chi connectivity index (χ1) is 7.61. The molecule has 0 aromatic carbocycles. The van der Waals surface area contributed by atoms with Crippen LogP contribution in [-0.4, -0.2) is 30.3 Å². The number of carbonyl (C=O) groups is 2. The first kappa shape index (κ1) is 12.5. The standard InChI is InChI=1S/C10H13NO4S/c1-15-10(14)11-7(6-9(12)13)5-8-3-2-4-16-8/h2-4,7H,5-6H2,1H3,(H,11,14)(H,12,13)/t7-/m1/s1. The summed E-state index contributed by atoms with van der Waals surface area (Å²) in [6.07, 6.45) is -0.227. The van der Waals surface area contributed by atoms with Crippen LogP contribution in [0.5, 0.6) is 0 Å². The third-order valence-corrected chi connectivity index (χ3v) is 2.85. The number of amides is 1. The first-order valence-corrected chi connectivity index (χ1v) is 5.58. The van der Waals surface area contributed by atoms with Crippen molar-refractivity contribution in [2.45, 2.75) is 18.9 Å². The van der Waals surface area contributed by atoms with Crippen molar-refractivity contribution in [2.24, 2.45) is 0 Å². The molecule has 2 N–H and O–H groups in total. The lowest BCUT2D eigenvalue weighted by molar-refractivity contribution is -0.137. The van der Waals surface area contributed by atoms with E-state index >= 15 is 0 Å². The van der Waals surface area contributed by atoms with Gasteiger partial charge in [0.2, 0.25) is 0 Å². The summed E-state index contributed by atoms with van der Waals surface area (Å²) in [6.45, 7) is 0. The van der Waals surface area contributed by atoms with Gasteiger partial charge in [-0.05, 0) is 11.4 Å². The average molecular weight is 243 g/mol. The van der Waals surface area contributed by atoms with E-state index in [1.165, 1.54) is 18.4 Å². The Hall–Kier alpha value is -1.56. The number of hydrogen-bond donors (Lipinski definition) is 2. The monoisotopic (exact) mass is 243 g/mol. The molecule has 1 heterocycles. The fourth-order valence-electron chi connectivity index (χ4n) is 1.28. The summed E-state index contributed by atoms with van der Waals surface area (Å²) in [5.41, 5.74) is 0. The number of aliphatic carboxylic acids is 1. The number of carbonyl (C=O) groups excluding carboxylic acids is 1. The van der Waals surface area contributed by atoms with Crippen LogP contribution in [0.25, 0.3) is 0 Å². The highest BCUT2D eigenvalue weighted by Crippen LogP contribution is 2.12. The number of carboxylic acids is 1. The fourth-order valence-corrected chi connectivity index (χ4v) is 2.07. The molecule has 0 unspecified atom stereocenters. The van der Waals surface area contributed by atoms with Gasteiger partial charge in [-0.15, -0.1) is 11.3 Å². The average Bonchev–Trinajstić information content (AvgIpc) is 2.69. The Labute approximate surface area is 97.0 Å². The van der Waals surface area contributed by atoms with E-state index < -0.39 is 18.1 Å². The number of carboxylic acid groups (broad SMARTS) is 1. The molecule has 1 aromatic rings. The van der Waals surface area contributed by atoms with Crippen LogP contribution in [-0.2, 0) is 16.0 Å². The smallest absolute Gasteiger partial charge is 0.407 e. The van der Waals surface area contributed by atoms with Crippen molar-refractivity contribution in [1.82, 2.24) is 5.32 Å². The van der Waals surface area contributed by atoms with Gasteiger partial charge >= 0.3 is 12.1 Å². The highest BCUT2D eigenvalue weighted by Gasteiger charge is 2.17. The molecular weight excluding hydrogens is 230 g/mol. The third kappa shape index (κ3) is 4.31. The van der Waals surface area contributed by atoms with Gasteiger partial charge in [-0.3, -0.25) is 4.79 Å². The molecule has 0 saturated carbocycles. The van der Waals surface area contributed by atoms with Gasteiger partial charge in [0, 0.05) is 17.3 Å². The van der Waals surface area contributed by atoms with Crippen molar-refractivity contribution in [3.63, 3.8) is 0 Å². The van der Waals surface area contributed by atoms with Crippen LogP contribution in [0.3, 0.4) is 0 Å². The number of nitrogens with one attached hydrogen (secondary N) is 1. The molecule has 16 heavy (non-hydrogen) atoms. The predicted molar refractivity (Wildman–Crippen MR) is 59.6 cm³/mol. The molecule has 0 radical (unpaired) electrons. The summed E-state index contributed by atoms with van der Waals surface area (Å²) in [4.78, 5) is 22.7. The van der Waals surface area contributed by atoms with E-state index in [0.29, 0.717) is 6.42 Å². The van der Waals surface area contributed by atoms with Crippen molar-refractivity contribution < 1.29 is 19.4 Å². The molecule has 5 nitrogen and oxygen atoms in total. The first-order valence-electron chi connectivity index (χ1n) is 4.70. The Kier molecular flexibility index (Phi) is 4.78. The van der Waals surface area contributed by atoms with Crippen LogP contribution in [0.15, 0.2) is 17.5 Å². The minimum Gasteiger partial charge on any atom is -0.481 e. The van der Waals surface area contributed by atoms with Crippen LogP contribution < -0.4 is 5.32 Å². The van der Waals surface area contributed by atoms with E-state index in [9.17, 15) is 9.59 Å². The molecule has 1 atom stereocenters. The van der Waals surface area contributed by atoms with Crippen LogP contribution >= 0.6 is 11.3 Å². The molecular formula is C10H13NO4S. The number of ether oxygens (including phenoxy) is 1. The van der Waals surface area contributed by atoms with E-state index in [4.69, 9.17) is 5.11 Å². The second-order valence-corrected chi connectivity index (χ2v) is 4.25. The highest BCUT2D eigenvalue weighted by molar-refractivity contribution is 7.09. The molecule has 88 valence electrons. The van der Waals surface area contributed by atoms with Crippen molar-refractivity contribution in [3.05, 3.63) is 22.4 Å². The molecule has 0 bridgehead atoms. The fraction of sp³-hybridized carbons (Fsp3) is 0.400. The maximum atomic E-state index is 11.0. The number of alkyl carbamates (subject to hydrolysis) is 1. The Balaban J connectivity index is 2.56. The van der Waals surface area contributed by atoms with Gasteiger partial charge in [-0.2, -0.15) is 0 Å². The number of methoxy groups -OCH3 is 1. The summed E-state index contributed by atoms with van der Waals surface area (Å²) < 4.78 is 4.44. The molecule has 1 amide bonds. The minimum atomic E-state index is -0.946. The quantitative estimate of drug-likeness (QED) is 0.821. The molecule has 0 aliphatic heterocycles. The molecule has 0 aliphatic carbocycles. The lowest BCUT2D eigenvalue weighted by atomic mass is 10.1. The van der Waals surface area contributed by atoms with Gasteiger partial charge in [0.1, 0.15) is 0 Å². The summed E-state index contributed by atoms with van der Waals surface area (Å²) in [5, 5.41) is 13.1. The van der Waals surface area contributed by atoms with Gasteiger partial charge < -0.3 is 15.2 Å². The SMILES string of the molecule is COC(=O)N[C@@H](CC(=O)O)Cc1cccs1. The van der Waals surface area contributed by atoms with Gasteiger partial charge in [0.05, 0.1) is 13.5 Å². The maximum Gasteiger partial charge on any atom is 0.407 e. The van der Waals surface area contributed by atoms with Crippen LogP contribution in [0, 0.1) is 0 Å². The Morgan fingerprint density at radius 1 is 1.62 bits per heavy atom. The predicted octanol–water partition coefficient (Wildman–Crippen LogP) is 1.49. The zero-order valence-corrected chi connectivity index (χ0v) is 9.62. The van der Waals surface area contributed by atoms with Crippen molar-refractivity contribution >= 4 is 23.4 Å². The number of thiophene rings is 1. The van der Waals surface area contributed by atoms with Crippen LogP contribution in [0.2, 0.25) is 0 Å². The molecule has 0 aliphatic rings. The summed E-state index contributed by atoms with van der Waals surface area (Å²) >= 11 is 1.53. The second kappa shape index (κ2) is 6.12. The lowest BCUT2D eigenvalue weighted by Gasteiger charge is -2.14. The van der Waals surface area contributed by atoms with Crippen molar-refractivity contribution in [1.29, 1.82) is 0 Å². The van der Waals surface area contributed by atoms with Crippen molar-refractivity contribution in [2.75, 3.05) is 7.11 Å². The summed E-state index contributed by atoms with van der Waals surface area (Å²) in [7, 11) is 1.25. The van der Waals surface area contributed by atoms with Crippen LogP contribution in [0.4, 0.5) is 4.79 Å². The molecule has 0 spiro atoms. The van der Waals surface area contributed by atoms with E-state index in [-0.39, 0.29) is 6.42 Å². The molecule has 0 saturated heterocycles. The highest BCUT2D eigenvalue weighted by atomic mass is 32.1. The van der Waals surface area contributed by atoms with Gasteiger partial charge in [0.15, 0.2) is 0 Å². The summed E-state index contributed by atoms with van der Waals surface area (Å²) in [6, 6.07) is 3.35. The molecule has 6 heteroatoms. The minimum absolute atomic E-state index is 0.118. The maximum absolute atomic E-state index is 11.0. The molecule has 1 rings (SSSR count). The molecule has 0 fully saturated rings. The topological polar surface area (TPSA) is 75.6 Å². The number of hydrogen-bond acceptors (Lipinski definition) is 4. The van der Waals surface area contributed by atoms with E-state index in [1.807, 2.05) is 17.5 Å². The summed E-state index contributed by atoms with van der Waals surface area (Å²) in [5.74, 6) is -0.946. The number of rotatable bonds is 5. The van der Waals surface area contributed by atoms with Crippen LogP contribution in [0.1, 0.15) is 11.3 Å². The van der Waals surface area contributed by atoms with Gasteiger partial charge in [-0.1, -0.05) is 6.07 Å². The van der Waals surface area contributed by atoms with Gasteiger partial charge in [-0.25, -0.2) is 4.79 Å². The Morgan fingerprint density at radius 2 is 2.38 bits per heavy atom. The second-order valence-electron chi connectivity index (χ2n) is 3.21. The third-order valence-electron chi connectivity index (χ3n) is 1.96. The van der Waals surface area contributed by atoms with E-state index in [0.717, 1.165) is 4.88 Å². The Morgan fingerprint density at radius 3 is 2.88 bits per heavy atom. The largest absolute Gasteiger partial charge is 0.481 e. The van der Waals surface area contributed by atoms with Gasteiger partial charge in [0.25, 0.3) is 0 Å². The normalized spacial score (nSPS) is 11.8. The molecule has 1 aromatic heterocycles. The van der Waals surface area contributed by atoms with E-state index in [1.54, 1.807) is 0 Å². The van der Waals surface area contributed by atoms with E-state index in [2.05, 4.69) is 10.1 Å². The zero-order valence-electron chi connectivity index (χ0n) is 8.80. The zero-order chi connectivity index (χ0) is 12.0. The van der Waals surface area contributed by atoms with Crippen molar-refractivity contribution in [3.8, 4) is 0 Å². The lowest BCUT2D eigenvalue weighted by Crippen LogP contribution is -2.37. The Bertz CT molecular complexity index is 350.